The van der Waals surface area contributed by atoms with Crippen molar-refractivity contribution >= 4 is 16.9 Å². The maximum Gasteiger partial charge on any atom is 0.267 e. The molecule has 5 nitrogen and oxygen atoms in total. The Morgan fingerprint density at radius 1 is 1.35 bits per heavy atom. The van der Waals surface area contributed by atoms with Crippen LogP contribution in [0.15, 0.2) is 36.8 Å². The molecule has 0 bridgehead atoms. The lowest BCUT2D eigenvalue weighted by Gasteiger charge is -2.05. The summed E-state index contributed by atoms with van der Waals surface area (Å²) in [6.45, 7) is 3.88. The number of hydrogen-bond acceptors (Lipinski definition) is 2. The fourth-order valence-electron chi connectivity index (χ4n) is 2.23. The number of carbonyl (C=O) groups is 1. The predicted molar refractivity (Wildman–Crippen MR) is 80.6 cm³/mol. The normalized spacial score (nSPS) is 11.2. The third-order valence-electron chi connectivity index (χ3n) is 3.12. The van der Waals surface area contributed by atoms with E-state index in [4.69, 9.17) is 0 Å². The first kappa shape index (κ1) is 12.5. The van der Waals surface area contributed by atoms with Crippen LogP contribution in [0.1, 0.15) is 25.8 Å². The number of carbonyl (C=O) groups excluding carboxylic acids is 1. The summed E-state index contributed by atoms with van der Waals surface area (Å²) in [5, 5.41) is 3.91. The van der Waals surface area contributed by atoms with E-state index in [-0.39, 0.29) is 13.4 Å². The van der Waals surface area contributed by atoms with E-state index in [0.717, 1.165) is 22.2 Å². The van der Waals surface area contributed by atoms with Crippen molar-refractivity contribution in [2.45, 2.75) is 19.9 Å². The van der Waals surface area contributed by atoms with Crippen LogP contribution in [0.25, 0.3) is 22.2 Å². The van der Waals surface area contributed by atoms with Crippen molar-refractivity contribution in [3.8, 4) is 11.1 Å². The van der Waals surface area contributed by atoms with E-state index >= 15 is 0 Å². The molecule has 3 rings (SSSR count). The number of H-pyrrole nitrogens is 2. The molecule has 0 aliphatic heterocycles. The fraction of sp³-hybridized carbons (Fsp3) is 0.200. The number of fused-ring (bicyclic) bond motifs is 1. The minimum Gasteiger partial charge on any atom is -0.357 e. The maximum atomic E-state index is 12.0. The average Bonchev–Trinajstić information content (AvgIpc) is 3.06. The van der Waals surface area contributed by atoms with Gasteiger partial charge in [0.1, 0.15) is 11.3 Å². The zero-order valence-corrected chi connectivity index (χ0v) is 11.4. The molecule has 0 spiro atoms. The quantitative estimate of drug-likeness (QED) is 0.684. The molecule has 104 valence electrons. The van der Waals surface area contributed by atoms with Gasteiger partial charge in [0.2, 0.25) is 0 Å². The highest BCUT2D eigenvalue weighted by Gasteiger charge is 2.12. The molecule has 0 radical (unpaired) electrons. The van der Waals surface area contributed by atoms with E-state index in [1.165, 1.54) is 0 Å². The van der Waals surface area contributed by atoms with Gasteiger partial charge in [-0.25, -0.2) is 4.98 Å². The molecule has 5 heteroatoms. The van der Waals surface area contributed by atoms with E-state index in [2.05, 4.69) is 20.3 Å². The number of aromatic amines is 2. The van der Waals surface area contributed by atoms with Crippen molar-refractivity contribution in [1.29, 1.82) is 0 Å². The minimum absolute atomic E-state index is 0. The van der Waals surface area contributed by atoms with Crippen molar-refractivity contribution in [3.63, 3.8) is 0 Å². The molecule has 3 aromatic heterocycles. The van der Waals surface area contributed by atoms with Crippen LogP contribution in [0.3, 0.4) is 0 Å². The maximum absolute atomic E-state index is 12.0. The fourth-order valence-corrected chi connectivity index (χ4v) is 2.23. The van der Waals surface area contributed by atoms with Gasteiger partial charge in [0.15, 0.2) is 0 Å². The van der Waals surface area contributed by atoms with E-state index in [1.54, 1.807) is 6.20 Å². The number of hydrogen-bond donors (Lipinski definition) is 3. The van der Waals surface area contributed by atoms with Gasteiger partial charge in [0, 0.05) is 37.0 Å². The Morgan fingerprint density at radius 2 is 2.20 bits per heavy atom. The molecule has 20 heavy (non-hydrogen) atoms. The highest BCUT2D eigenvalue weighted by Crippen LogP contribution is 2.27. The Kier molecular flexibility index (Phi) is 3.02. The van der Waals surface area contributed by atoms with Crippen molar-refractivity contribution in [1.82, 2.24) is 20.3 Å². The van der Waals surface area contributed by atoms with Crippen molar-refractivity contribution in [3.05, 3.63) is 42.5 Å². The molecule has 3 heterocycles. The molecular weight excluding hydrogens is 252 g/mol. The van der Waals surface area contributed by atoms with Gasteiger partial charge in [-0.1, -0.05) is 0 Å². The van der Waals surface area contributed by atoms with Crippen LogP contribution in [-0.2, 0) is 0 Å². The van der Waals surface area contributed by atoms with Crippen molar-refractivity contribution < 1.29 is 6.22 Å². The summed E-state index contributed by atoms with van der Waals surface area (Å²) >= 11 is 0. The molecule has 3 N–H and O–H groups in total. The lowest BCUT2D eigenvalue weighted by atomic mass is 10.1. The molecule has 0 saturated carbocycles. The van der Waals surface area contributed by atoms with Crippen LogP contribution < -0.4 is 5.32 Å². The Bertz CT molecular complexity index is 760. The average molecular weight is 270 g/mol. The second-order valence-corrected chi connectivity index (χ2v) is 5.03. The SMILES string of the molecule is CC(C)NC(=O)c1cc(-c2ccnc3[nH]ccc23)c[nH]1.[HH]. The zero-order chi connectivity index (χ0) is 14.1. The summed E-state index contributed by atoms with van der Waals surface area (Å²) in [7, 11) is 0. The summed E-state index contributed by atoms with van der Waals surface area (Å²) in [6.07, 6.45) is 5.46. The molecule has 1 amide bonds. The van der Waals surface area contributed by atoms with Crippen molar-refractivity contribution in [2.24, 2.45) is 0 Å². The summed E-state index contributed by atoms with van der Waals surface area (Å²) in [6, 6.07) is 5.91. The van der Waals surface area contributed by atoms with Crippen LogP contribution in [0.4, 0.5) is 0 Å². The number of amides is 1. The second-order valence-electron chi connectivity index (χ2n) is 5.03. The number of rotatable bonds is 3. The third kappa shape index (κ3) is 2.18. The second kappa shape index (κ2) is 4.85. The molecule has 0 unspecified atom stereocenters. The van der Waals surface area contributed by atoms with Gasteiger partial charge in [-0.05, 0) is 37.6 Å². The van der Waals surface area contributed by atoms with Crippen LogP contribution >= 0.6 is 0 Å². The van der Waals surface area contributed by atoms with E-state index in [0.29, 0.717) is 5.69 Å². The number of nitrogens with one attached hydrogen (secondary N) is 3. The third-order valence-corrected chi connectivity index (χ3v) is 3.12. The van der Waals surface area contributed by atoms with Crippen LogP contribution in [-0.4, -0.2) is 26.9 Å². The monoisotopic (exact) mass is 270 g/mol. The Hall–Kier alpha value is -2.56. The minimum atomic E-state index is -0.0920. The molecule has 0 aliphatic carbocycles. The summed E-state index contributed by atoms with van der Waals surface area (Å²) in [4.78, 5) is 22.3. The zero-order valence-electron chi connectivity index (χ0n) is 11.4. The number of pyridine rings is 1. The lowest BCUT2D eigenvalue weighted by molar-refractivity contribution is 0.0938. The standard InChI is InChI=1S/C15H16N4O.H2/c1-9(2)19-15(20)13-7-10(8-18-13)11-3-5-16-14-12(11)4-6-17-14;/h3-9,18H,1-2H3,(H,16,17)(H,19,20);1H. The first-order valence-electron chi connectivity index (χ1n) is 6.57. The molecule has 0 fully saturated rings. The Balaban J connectivity index is 0.00000161. The van der Waals surface area contributed by atoms with Gasteiger partial charge < -0.3 is 15.3 Å². The summed E-state index contributed by atoms with van der Waals surface area (Å²) in [5.74, 6) is -0.0920. The predicted octanol–water partition coefficient (Wildman–Crippen LogP) is 2.94. The molecule has 0 aliphatic rings. The lowest BCUT2D eigenvalue weighted by Crippen LogP contribution is -2.30. The highest BCUT2D eigenvalue weighted by molar-refractivity contribution is 5.97. The topological polar surface area (TPSA) is 73.6 Å². The summed E-state index contributed by atoms with van der Waals surface area (Å²) in [5.41, 5.74) is 3.44. The molecular formula is C15H18N4O. The Morgan fingerprint density at radius 3 is 3.00 bits per heavy atom. The largest absolute Gasteiger partial charge is 0.357 e. The van der Waals surface area contributed by atoms with E-state index in [1.807, 2.05) is 44.4 Å². The van der Waals surface area contributed by atoms with Crippen molar-refractivity contribution in [2.75, 3.05) is 0 Å². The Labute approximate surface area is 117 Å². The van der Waals surface area contributed by atoms with Gasteiger partial charge in [-0.2, -0.15) is 0 Å². The van der Waals surface area contributed by atoms with E-state index < -0.39 is 0 Å². The molecule has 0 aromatic carbocycles. The molecule has 0 saturated heterocycles. The highest BCUT2D eigenvalue weighted by atomic mass is 16.1. The van der Waals surface area contributed by atoms with Gasteiger partial charge >= 0.3 is 0 Å². The molecule has 0 atom stereocenters. The van der Waals surface area contributed by atoms with Gasteiger partial charge in [0.25, 0.3) is 5.91 Å². The first-order chi connectivity index (χ1) is 9.65. The first-order valence-corrected chi connectivity index (χ1v) is 6.57. The smallest absolute Gasteiger partial charge is 0.267 e. The van der Waals surface area contributed by atoms with E-state index in [9.17, 15) is 4.79 Å². The van der Waals surface area contributed by atoms with Crippen LogP contribution in [0.5, 0.6) is 0 Å². The van der Waals surface area contributed by atoms with Gasteiger partial charge in [-0.15, -0.1) is 0 Å². The molecule has 3 aromatic rings. The van der Waals surface area contributed by atoms with Crippen LogP contribution in [0.2, 0.25) is 0 Å². The number of nitrogens with zero attached hydrogens (tertiary/aromatic N) is 1. The number of aromatic nitrogens is 3. The van der Waals surface area contributed by atoms with Crippen LogP contribution in [0, 0.1) is 0 Å². The van der Waals surface area contributed by atoms with Gasteiger partial charge in [-0.3, -0.25) is 4.79 Å². The van der Waals surface area contributed by atoms with Gasteiger partial charge in [0.05, 0.1) is 0 Å². The summed E-state index contributed by atoms with van der Waals surface area (Å²) < 4.78 is 0.